The summed E-state index contributed by atoms with van der Waals surface area (Å²) < 4.78 is 0. The molecule has 0 radical (unpaired) electrons. The van der Waals surface area contributed by atoms with Gasteiger partial charge in [0.15, 0.2) is 0 Å². The van der Waals surface area contributed by atoms with Gasteiger partial charge in [-0.05, 0) is 61.7 Å². The van der Waals surface area contributed by atoms with E-state index in [-0.39, 0.29) is 12.4 Å². The first-order valence-electron chi connectivity index (χ1n) is 7.95. The first-order valence-corrected chi connectivity index (χ1v) is 7.95. The van der Waals surface area contributed by atoms with Gasteiger partial charge in [-0.1, -0.05) is 24.3 Å². The number of piperidine rings is 2. The number of rotatable bonds is 2. The van der Waals surface area contributed by atoms with Gasteiger partial charge in [0.05, 0.1) is 0 Å². The molecule has 0 spiro atoms. The molecule has 2 bridgehead atoms. The van der Waals surface area contributed by atoms with Gasteiger partial charge in [0, 0.05) is 19.1 Å². The summed E-state index contributed by atoms with van der Waals surface area (Å²) in [5, 5.41) is 3.56. The summed E-state index contributed by atoms with van der Waals surface area (Å²) >= 11 is 0. The van der Waals surface area contributed by atoms with Crippen molar-refractivity contribution in [1.29, 1.82) is 0 Å². The zero-order chi connectivity index (χ0) is 12.7. The average Bonchev–Trinajstić information content (AvgIpc) is 2.49. The van der Waals surface area contributed by atoms with Crippen molar-refractivity contribution in [3.63, 3.8) is 0 Å². The monoisotopic (exact) mass is 292 g/mol. The van der Waals surface area contributed by atoms with Crippen molar-refractivity contribution in [1.82, 2.24) is 10.2 Å². The quantitative estimate of drug-likeness (QED) is 0.899. The Bertz CT molecular complexity index is 456. The van der Waals surface area contributed by atoms with Gasteiger partial charge in [-0.3, -0.25) is 4.90 Å². The van der Waals surface area contributed by atoms with E-state index in [1.165, 1.54) is 51.9 Å². The lowest BCUT2D eigenvalue weighted by Crippen LogP contribution is -2.46. The minimum Gasteiger partial charge on any atom is -0.316 e. The van der Waals surface area contributed by atoms with Crippen molar-refractivity contribution < 1.29 is 0 Å². The highest BCUT2D eigenvalue weighted by Gasteiger charge is 2.38. The van der Waals surface area contributed by atoms with Crippen molar-refractivity contribution in [2.24, 2.45) is 5.92 Å². The molecule has 1 N–H and O–H groups in total. The molecule has 3 atom stereocenters. The zero-order valence-corrected chi connectivity index (χ0v) is 12.9. The molecule has 1 unspecified atom stereocenters. The fourth-order valence-electron chi connectivity index (χ4n) is 4.45. The predicted molar refractivity (Wildman–Crippen MR) is 85.6 cm³/mol. The molecule has 1 aliphatic carbocycles. The first kappa shape index (κ1) is 14.4. The summed E-state index contributed by atoms with van der Waals surface area (Å²) in [6, 6.07) is 9.89. The fourth-order valence-corrected chi connectivity index (χ4v) is 4.45. The molecule has 110 valence electrons. The Morgan fingerprint density at radius 2 is 1.95 bits per heavy atom. The summed E-state index contributed by atoms with van der Waals surface area (Å²) in [6.07, 6.45) is 5.56. The highest BCUT2D eigenvalue weighted by Crippen LogP contribution is 2.46. The van der Waals surface area contributed by atoms with Crippen LogP contribution >= 0.6 is 12.4 Å². The molecule has 4 aliphatic rings. The van der Waals surface area contributed by atoms with Crippen LogP contribution in [-0.2, 0) is 0 Å². The Hall–Kier alpha value is -0.570. The van der Waals surface area contributed by atoms with E-state index in [2.05, 4.69) is 34.5 Å². The van der Waals surface area contributed by atoms with E-state index >= 15 is 0 Å². The highest BCUT2D eigenvalue weighted by atomic mass is 35.5. The van der Waals surface area contributed by atoms with Crippen LogP contribution < -0.4 is 5.32 Å². The van der Waals surface area contributed by atoms with Crippen LogP contribution in [0.3, 0.4) is 0 Å². The number of benzene rings is 1. The lowest BCUT2D eigenvalue weighted by Gasteiger charge is -2.48. The van der Waals surface area contributed by atoms with E-state index in [0.717, 1.165) is 11.8 Å². The highest BCUT2D eigenvalue weighted by molar-refractivity contribution is 5.85. The molecule has 3 heteroatoms. The predicted octanol–water partition coefficient (Wildman–Crippen LogP) is 3.34. The SMILES string of the molecule is Cl.c1ccc2c(c1)[C@@H]1CC[C@@H]2N(CC2CCCNC2)C1. The average molecular weight is 293 g/mol. The normalized spacial score (nSPS) is 32.5. The maximum atomic E-state index is 3.56. The molecule has 2 nitrogen and oxygen atoms in total. The second kappa shape index (κ2) is 6.05. The minimum absolute atomic E-state index is 0. The lowest BCUT2D eigenvalue weighted by molar-refractivity contribution is 0.0875. The number of nitrogens with zero attached hydrogens (tertiary/aromatic N) is 1. The van der Waals surface area contributed by atoms with Gasteiger partial charge in [0.1, 0.15) is 0 Å². The third kappa shape index (κ3) is 2.49. The second-order valence-electron chi connectivity index (χ2n) is 6.59. The molecule has 2 saturated heterocycles. The van der Waals surface area contributed by atoms with Crippen LogP contribution in [0.15, 0.2) is 24.3 Å². The van der Waals surface area contributed by atoms with Crippen molar-refractivity contribution in [2.75, 3.05) is 26.2 Å². The zero-order valence-electron chi connectivity index (χ0n) is 12.1. The molecule has 1 aromatic carbocycles. The number of fused-ring (bicyclic) bond motifs is 2. The molecule has 2 fully saturated rings. The Kier molecular flexibility index (Phi) is 4.34. The third-order valence-electron chi connectivity index (χ3n) is 5.37. The van der Waals surface area contributed by atoms with Crippen LogP contribution in [-0.4, -0.2) is 31.1 Å². The Balaban J connectivity index is 0.00000121. The molecule has 0 amide bonds. The van der Waals surface area contributed by atoms with E-state index in [4.69, 9.17) is 0 Å². The van der Waals surface area contributed by atoms with Gasteiger partial charge >= 0.3 is 0 Å². The molecular formula is C17H25ClN2. The molecular weight excluding hydrogens is 268 g/mol. The summed E-state index contributed by atoms with van der Waals surface area (Å²) in [5.74, 6) is 1.68. The maximum absolute atomic E-state index is 3.56. The van der Waals surface area contributed by atoms with Gasteiger partial charge in [-0.2, -0.15) is 0 Å². The molecule has 0 aromatic heterocycles. The number of hydrogen-bond donors (Lipinski definition) is 1. The molecule has 20 heavy (non-hydrogen) atoms. The van der Waals surface area contributed by atoms with Crippen molar-refractivity contribution >= 4 is 12.4 Å². The van der Waals surface area contributed by atoms with Crippen LogP contribution in [0.4, 0.5) is 0 Å². The summed E-state index contributed by atoms with van der Waals surface area (Å²) in [5.41, 5.74) is 3.28. The van der Waals surface area contributed by atoms with Gasteiger partial charge in [-0.25, -0.2) is 0 Å². The van der Waals surface area contributed by atoms with E-state index in [1.54, 1.807) is 11.1 Å². The van der Waals surface area contributed by atoms with Gasteiger partial charge in [0.2, 0.25) is 0 Å². The Morgan fingerprint density at radius 1 is 1.10 bits per heavy atom. The van der Waals surface area contributed by atoms with Crippen LogP contribution in [0.1, 0.15) is 48.8 Å². The number of halogens is 1. The molecule has 3 heterocycles. The van der Waals surface area contributed by atoms with Crippen LogP contribution in [0, 0.1) is 5.92 Å². The molecule has 3 aliphatic heterocycles. The summed E-state index contributed by atoms with van der Waals surface area (Å²) in [6.45, 7) is 5.07. The minimum atomic E-state index is 0. The largest absolute Gasteiger partial charge is 0.316 e. The van der Waals surface area contributed by atoms with Crippen molar-refractivity contribution in [3.8, 4) is 0 Å². The van der Waals surface area contributed by atoms with E-state index < -0.39 is 0 Å². The van der Waals surface area contributed by atoms with Crippen LogP contribution in [0.5, 0.6) is 0 Å². The standard InChI is InChI=1S/C17H24N2.ClH/c1-2-6-16-15(5-1)14-7-8-17(16)19(12-14)11-13-4-3-9-18-10-13;/h1-2,5-6,13-14,17-18H,3-4,7-12H2;1H/t13?,14-,17+;/m1./s1. The number of nitrogens with one attached hydrogen (secondary N) is 1. The van der Waals surface area contributed by atoms with Crippen molar-refractivity contribution in [3.05, 3.63) is 35.4 Å². The fraction of sp³-hybridized carbons (Fsp3) is 0.647. The molecule has 1 aromatic rings. The Morgan fingerprint density at radius 3 is 2.75 bits per heavy atom. The van der Waals surface area contributed by atoms with Crippen molar-refractivity contribution in [2.45, 2.75) is 37.6 Å². The van der Waals surface area contributed by atoms with Gasteiger partial charge in [0.25, 0.3) is 0 Å². The smallest absolute Gasteiger partial charge is 0.0351 e. The van der Waals surface area contributed by atoms with Crippen LogP contribution in [0.2, 0.25) is 0 Å². The van der Waals surface area contributed by atoms with E-state index in [1.807, 2.05) is 0 Å². The summed E-state index contributed by atoms with van der Waals surface area (Å²) in [4.78, 5) is 2.79. The second-order valence-corrected chi connectivity index (χ2v) is 6.59. The topological polar surface area (TPSA) is 15.3 Å². The molecule has 0 saturated carbocycles. The van der Waals surface area contributed by atoms with E-state index in [9.17, 15) is 0 Å². The third-order valence-corrected chi connectivity index (χ3v) is 5.37. The first-order chi connectivity index (χ1) is 9.42. The van der Waals surface area contributed by atoms with Gasteiger partial charge < -0.3 is 5.32 Å². The molecule has 5 rings (SSSR count). The van der Waals surface area contributed by atoms with Crippen LogP contribution in [0.25, 0.3) is 0 Å². The van der Waals surface area contributed by atoms with E-state index in [0.29, 0.717) is 6.04 Å². The van der Waals surface area contributed by atoms with Gasteiger partial charge in [-0.15, -0.1) is 12.4 Å². The lowest BCUT2D eigenvalue weighted by atomic mass is 9.74. The summed E-state index contributed by atoms with van der Waals surface area (Å²) in [7, 11) is 0. The maximum Gasteiger partial charge on any atom is 0.0351 e. The Labute approximate surface area is 128 Å². The number of hydrogen-bond acceptors (Lipinski definition) is 2.